The van der Waals surface area contributed by atoms with Gasteiger partial charge in [0.15, 0.2) is 0 Å². The molecule has 0 spiro atoms. The first kappa shape index (κ1) is 18.9. The van der Waals surface area contributed by atoms with Crippen LogP contribution in [0, 0.1) is 13.8 Å². The molecule has 0 unspecified atom stereocenters. The van der Waals surface area contributed by atoms with Crippen molar-refractivity contribution in [3.05, 3.63) is 65.2 Å². The normalized spacial score (nSPS) is 11.6. The van der Waals surface area contributed by atoms with Gasteiger partial charge in [-0.2, -0.15) is 0 Å². The van der Waals surface area contributed by atoms with Crippen LogP contribution in [-0.2, 0) is 14.8 Å². The molecule has 25 heavy (non-hydrogen) atoms. The fourth-order valence-electron chi connectivity index (χ4n) is 2.33. The van der Waals surface area contributed by atoms with Crippen LogP contribution in [0.2, 0.25) is 0 Å². The zero-order chi connectivity index (χ0) is 18.4. The summed E-state index contributed by atoms with van der Waals surface area (Å²) in [6.45, 7) is 6.00. The molecule has 0 bridgehead atoms. The average Bonchev–Trinajstić information content (AvgIpc) is 2.56. The Balaban J connectivity index is 2.05. The minimum atomic E-state index is -3.46. The molecule has 2 aromatic carbocycles. The second-order valence-electron chi connectivity index (χ2n) is 5.71. The molecule has 0 radical (unpaired) electrons. The molecular formula is C19H22N2O3S. The van der Waals surface area contributed by atoms with Crippen LogP contribution in [0.3, 0.4) is 0 Å². The van der Waals surface area contributed by atoms with Crippen molar-refractivity contribution in [2.75, 3.05) is 11.9 Å². The second kappa shape index (κ2) is 8.09. The number of rotatable bonds is 6. The molecule has 2 aromatic rings. The van der Waals surface area contributed by atoms with Gasteiger partial charge in [-0.25, -0.2) is 13.1 Å². The summed E-state index contributed by atoms with van der Waals surface area (Å²) in [6.07, 6.45) is 3.07. The van der Waals surface area contributed by atoms with E-state index < -0.39 is 10.0 Å². The highest BCUT2D eigenvalue weighted by molar-refractivity contribution is 7.89. The summed E-state index contributed by atoms with van der Waals surface area (Å²) >= 11 is 0. The summed E-state index contributed by atoms with van der Waals surface area (Å²) in [6, 6.07) is 12.2. The SMILES string of the molecule is CCNS(=O)(=O)c1ccc(/C=C/C(=O)Nc2ccc(C)cc2C)cc1. The summed E-state index contributed by atoms with van der Waals surface area (Å²) in [5.74, 6) is -0.240. The summed E-state index contributed by atoms with van der Waals surface area (Å²) in [5.41, 5.74) is 3.65. The third-order valence-corrected chi connectivity index (χ3v) is 5.15. The van der Waals surface area contributed by atoms with Gasteiger partial charge in [-0.3, -0.25) is 4.79 Å². The molecule has 2 N–H and O–H groups in total. The number of anilines is 1. The number of carbonyl (C=O) groups excluding carboxylic acids is 1. The van der Waals surface area contributed by atoms with Crippen molar-refractivity contribution in [3.8, 4) is 0 Å². The number of hydrogen-bond acceptors (Lipinski definition) is 3. The maximum absolute atomic E-state index is 12.0. The molecule has 1 amide bonds. The van der Waals surface area contributed by atoms with Gasteiger partial charge in [0.2, 0.25) is 15.9 Å². The lowest BCUT2D eigenvalue weighted by Crippen LogP contribution is -2.22. The number of benzene rings is 2. The van der Waals surface area contributed by atoms with E-state index in [9.17, 15) is 13.2 Å². The smallest absolute Gasteiger partial charge is 0.248 e. The molecule has 2 rings (SSSR count). The maximum Gasteiger partial charge on any atom is 0.248 e. The van der Waals surface area contributed by atoms with E-state index in [0.717, 1.165) is 22.4 Å². The minimum absolute atomic E-state index is 0.200. The molecule has 0 fully saturated rings. The Labute approximate surface area is 148 Å². The molecule has 0 heterocycles. The number of sulfonamides is 1. The molecule has 132 valence electrons. The summed E-state index contributed by atoms with van der Waals surface area (Å²) in [4.78, 5) is 12.2. The average molecular weight is 358 g/mol. The topological polar surface area (TPSA) is 75.3 Å². The molecule has 5 nitrogen and oxygen atoms in total. The lowest BCUT2D eigenvalue weighted by Gasteiger charge is -2.07. The Morgan fingerprint density at radius 3 is 2.36 bits per heavy atom. The molecule has 0 aliphatic carbocycles. The highest BCUT2D eigenvalue weighted by Crippen LogP contribution is 2.16. The van der Waals surface area contributed by atoms with Crippen LogP contribution in [0.15, 0.2) is 53.4 Å². The number of aryl methyl sites for hydroxylation is 2. The number of amides is 1. The summed E-state index contributed by atoms with van der Waals surface area (Å²) < 4.78 is 26.2. The largest absolute Gasteiger partial charge is 0.322 e. The fraction of sp³-hybridized carbons (Fsp3) is 0.211. The molecule has 0 saturated carbocycles. The van der Waals surface area contributed by atoms with Crippen molar-refractivity contribution >= 4 is 27.7 Å². The molecular weight excluding hydrogens is 336 g/mol. The van der Waals surface area contributed by atoms with E-state index in [1.165, 1.54) is 18.2 Å². The van der Waals surface area contributed by atoms with Gasteiger partial charge < -0.3 is 5.32 Å². The standard InChI is InChI=1S/C19H22N2O3S/c1-4-20-25(23,24)17-9-6-16(7-10-17)8-12-19(22)21-18-11-5-14(2)13-15(18)3/h5-13,20H,4H2,1-3H3,(H,21,22)/b12-8+. The van der Waals surface area contributed by atoms with Gasteiger partial charge in [-0.05, 0) is 49.2 Å². The number of carbonyl (C=O) groups is 1. The van der Waals surface area contributed by atoms with Gasteiger partial charge in [0.05, 0.1) is 4.90 Å². The minimum Gasteiger partial charge on any atom is -0.322 e. The lowest BCUT2D eigenvalue weighted by molar-refractivity contribution is -0.111. The van der Waals surface area contributed by atoms with Crippen molar-refractivity contribution in [1.82, 2.24) is 4.72 Å². The van der Waals surface area contributed by atoms with E-state index in [-0.39, 0.29) is 10.8 Å². The molecule has 0 aromatic heterocycles. The summed E-state index contributed by atoms with van der Waals surface area (Å²) in [7, 11) is -3.46. The van der Waals surface area contributed by atoms with Crippen LogP contribution in [0.4, 0.5) is 5.69 Å². The van der Waals surface area contributed by atoms with Gasteiger partial charge in [-0.1, -0.05) is 36.8 Å². The van der Waals surface area contributed by atoms with E-state index in [4.69, 9.17) is 0 Å². The van der Waals surface area contributed by atoms with Crippen molar-refractivity contribution < 1.29 is 13.2 Å². The Hall–Kier alpha value is -2.44. The van der Waals surface area contributed by atoms with Gasteiger partial charge in [0.1, 0.15) is 0 Å². The Bertz CT molecular complexity index is 885. The first-order valence-corrected chi connectivity index (χ1v) is 9.46. The van der Waals surface area contributed by atoms with Crippen LogP contribution in [0.25, 0.3) is 6.08 Å². The van der Waals surface area contributed by atoms with Crippen molar-refractivity contribution in [2.24, 2.45) is 0 Å². The van der Waals surface area contributed by atoms with Crippen molar-refractivity contribution in [1.29, 1.82) is 0 Å². The highest BCUT2D eigenvalue weighted by Gasteiger charge is 2.11. The summed E-state index contributed by atoms with van der Waals surface area (Å²) in [5, 5.41) is 2.83. The monoisotopic (exact) mass is 358 g/mol. The molecule has 0 aliphatic heterocycles. The highest BCUT2D eigenvalue weighted by atomic mass is 32.2. The third kappa shape index (κ3) is 5.27. The van der Waals surface area contributed by atoms with Crippen molar-refractivity contribution in [2.45, 2.75) is 25.7 Å². The van der Waals surface area contributed by atoms with Crippen LogP contribution >= 0.6 is 0 Å². The fourth-order valence-corrected chi connectivity index (χ4v) is 3.37. The molecule has 6 heteroatoms. The van der Waals surface area contributed by atoms with E-state index in [1.807, 2.05) is 32.0 Å². The molecule has 0 atom stereocenters. The molecule has 0 aliphatic rings. The van der Waals surface area contributed by atoms with E-state index in [2.05, 4.69) is 10.0 Å². The third-order valence-electron chi connectivity index (χ3n) is 3.59. The van der Waals surface area contributed by atoms with Crippen molar-refractivity contribution in [3.63, 3.8) is 0 Å². The second-order valence-corrected chi connectivity index (χ2v) is 7.48. The number of nitrogens with one attached hydrogen (secondary N) is 2. The van der Waals surface area contributed by atoms with E-state index in [0.29, 0.717) is 6.54 Å². The van der Waals surface area contributed by atoms with Gasteiger partial charge >= 0.3 is 0 Å². The predicted octanol–water partition coefficient (Wildman–Crippen LogP) is 3.25. The maximum atomic E-state index is 12.0. The van der Waals surface area contributed by atoms with Crippen LogP contribution < -0.4 is 10.0 Å². The van der Waals surface area contributed by atoms with Gasteiger partial charge in [0.25, 0.3) is 0 Å². The van der Waals surface area contributed by atoms with Crippen LogP contribution in [-0.4, -0.2) is 20.9 Å². The van der Waals surface area contributed by atoms with Gasteiger partial charge in [0, 0.05) is 18.3 Å². The van der Waals surface area contributed by atoms with E-state index in [1.54, 1.807) is 25.1 Å². The first-order chi connectivity index (χ1) is 11.8. The Morgan fingerprint density at radius 1 is 1.08 bits per heavy atom. The molecule has 0 saturated heterocycles. The predicted molar refractivity (Wildman–Crippen MR) is 101 cm³/mol. The Morgan fingerprint density at radius 2 is 1.76 bits per heavy atom. The lowest BCUT2D eigenvalue weighted by atomic mass is 10.1. The van der Waals surface area contributed by atoms with E-state index >= 15 is 0 Å². The van der Waals surface area contributed by atoms with Crippen LogP contribution in [0.1, 0.15) is 23.6 Å². The first-order valence-electron chi connectivity index (χ1n) is 7.98. The van der Waals surface area contributed by atoms with Crippen LogP contribution in [0.5, 0.6) is 0 Å². The quantitative estimate of drug-likeness (QED) is 0.778. The zero-order valence-corrected chi connectivity index (χ0v) is 15.4. The Kier molecular flexibility index (Phi) is 6.12. The zero-order valence-electron chi connectivity index (χ0n) is 14.5. The van der Waals surface area contributed by atoms with Gasteiger partial charge in [-0.15, -0.1) is 0 Å². The number of hydrogen-bond donors (Lipinski definition) is 2.